The van der Waals surface area contributed by atoms with Gasteiger partial charge in [0.25, 0.3) is 0 Å². The maximum absolute atomic E-state index is 10.7. The molecular formula is C20H32O2Si. The van der Waals surface area contributed by atoms with Crippen LogP contribution in [0.2, 0.25) is 18.1 Å². The molecule has 1 aromatic rings. The molecule has 0 saturated carbocycles. The number of hydrogen-bond donors (Lipinski definition) is 1. The average molecular weight is 333 g/mol. The highest BCUT2D eigenvalue weighted by atomic mass is 28.4. The van der Waals surface area contributed by atoms with Crippen molar-refractivity contribution >= 4 is 8.32 Å². The van der Waals surface area contributed by atoms with Gasteiger partial charge in [-0.3, -0.25) is 0 Å². The normalized spacial score (nSPS) is 16.2. The molecule has 0 aromatic heterocycles. The third-order valence-corrected chi connectivity index (χ3v) is 9.55. The molecule has 0 radical (unpaired) electrons. The van der Waals surface area contributed by atoms with Gasteiger partial charge in [-0.05, 0) is 37.5 Å². The lowest BCUT2D eigenvalue weighted by Gasteiger charge is -2.35. The van der Waals surface area contributed by atoms with Crippen molar-refractivity contribution in [3.05, 3.63) is 35.9 Å². The minimum Gasteiger partial charge on any atom is -0.416 e. The molecule has 0 aliphatic carbocycles. The largest absolute Gasteiger partial charge is 0.416 e. The second-order valence-corrected chi connectivity index (χ2v) is 12.7. The topological polar surface area (TPSA) is 29.5 Å². The fourth-order valence-electron chi connectivity index (χ4n) is 1.97. The van der Waals surface area contributed by atoms with Crippen molar-refractivity contribution in [2.45, 2.75) is 64.8 Å². The average Bonchev–Trinajstić information content (AvgIpc) is 2.46. The standard InChI is InChI=1S/C20H32O2Si/c1-17(20(5,21)18-14-9-8-10-15-18)13-11-12-16-22-23(6,7)19(2,3)4/h8-10,14-15,17,21H,12,16H2,1-7H3/t17-,20+/m0/s1. The van der Waals surface area contributed by atoms with Crippen molar-refractivity contribution in [1.82, 2.24) is 0 Å². The van der Waals surface area contributed by atoms with Gasteiger partial charge in [-0.2, -0.15) is 0 Å². The van der Waals surface area contributed by atoms with Crippen LogP contribution in [0.15, 0.2) is 30.3 Å². The summed E-state index contributed by atoms with van der Waals surface area (Å²) in [5.74, 6) is 6.23. The van der Waals surface area contributed by atoms with Gasteiger partial charge in [0.1, 0.15) is 5.60 Å². The van der Waals surface area contributed by atoms with E-state index in [1.807, 2.05) is 44.2 Å². The number of rotatable bonds is 5. The highest BCUT2D eigenvalue weighted by Gasteiger charge is 2.36. The predicted octanol–water partition coefficient (Wildman–Crippen LogP) is 4.95. The first-order valence-corrected chi connectivity index (χ1v) is 11.3. The van der Waals surface area contributed by atoms with Crippen LogP contribution in [-0.2, 0) is 10.0 Å². The minimum atomic E-state index is -1.69. The number of hydrogen-bond acceptors (Lipinski definition) is 2. The lowest BCUT2D eigenvalue weighted by molar-refractivity contribution is 0.0239. The molecule has 1 aromatic carbocycles. The Labute approximate surface area is 143 Å². The highest BCUT2D eigenvalue weighted by Crippen LogP contribution is 2.36. The third kappa shape index (κ3) is 5.49. The zero-order valence-corrected chi connectivity index (χ0v) is 16.7. The van der Waals surface area contributed by atoms with E-state index >= 15 is 0 Å². The maximum atomic E-state index is 10.7. The lowest BCUT2D eigenvalue weighted by atomic mass is 9.84. The van der Waals surface area contributed by atoms with E-state index in [1.165, 1.54) is 0 Å². The second kappa shape index (κ2) is 7.66. The van der Waals surface area contributed by atoms with E-state index in [2.05, 4.69) is 45.7 Å². The van der Waals surface area contributed by atoms with Crippen molar-refractivity contribution in [2.75, 3.05) is 6.61 Å². The summed E-state index contributed by atoms with van der Waals surface area (Å²) < 4.78 is 6.12. The molecule has 23 heavy (non-hydrogen) atoms. The molecule has 0 bridgehead atoms. The van der Waals surface area contributed by atoms with Crippen molar-refractivity contribution in [1.29, 1.82) is 0 Å². The molecule has 3 heteroatoms. The Morgan fingerprint density at radius 3 is 2.22 bits per heavy atom. The second-order valence-electron chi connectivity index (χ2n) is 7.92. The van der Waals surface area contributed by atoms with Crippen LogP contribution in [0.25, 0.3) is 0 Å². The smallest absolute Gasteiger partial charge is 0.192 e. The Bertz CT molecular complexity index is 544. The maximum Gasteiger partial charge on any atom is 0.192 e. The van der Waals surface area contributed by atoms with Crippen molar-refractivity contribution in [2.24, 2.45) is 5.92 Å². The summed E-state index contributed by atoms with van der Waals surface area (Å²) in [7, 11) is -1.69. The summed E-state index contributed by atoms with van der Waals surface area (Å²) in [6.07, 6.45) is 0.710. The van der Waals surface area contributed by atoms with Crippen LogP contribution in [0.1, 0.15) is 46.6 Å². The molecule has 0 heterocycles. The van der Waals surface area contributed by atoms with Crippen LogP contribution in [-0.4, -0.2) is 20.0 Å². The Morgan fingerprint density at radius 2 is 1.70 bits per heavy atom. The SMILES string of the molecule is C[C@@H](C#CCCO[Si](C)(C)C(C)(C)C)[C@@](C)(O)c1ccccc1. The van der Waals surface area contributed by atoms with Gasteiger partial charge in [0.05, 0.1) is 5.92 Å². The van der Waals surface area contributed by atoms with Crippen molar-refractivity contribution in [3.63, 3.8) is 0 Å². The number of aliphatic hydroxyl groups is 1. The summed E-state index contributed by atoms with van der Waals surface area (Å²) in [4.78, 5) is 0. The van der Waals surface area contributed by atoms with E-state index in [9.17, 15) is 5.11 Å². The summed E-state index contributed by atoms with van der Waals surface area (Å²) in [6.45, 7) is 15.7. The van der Waals surface area contributed by atoms with Gasteiger partial charge in [-0.1, -0.05) is 57.0 Å². The molecule has 0 aliphatic rings. The monoisotopic (exact) mass is 332 g/mol. The van der Waals surface area contributed by atoms with E-state index in [0.29, 0.717) is 13.0 Å². The molecule has 2 nitrogen and oxygen atoms in total. The third-order valence-electron chi connectivity index (χ3n) is 5.02. The Balaban J connectivity index is 2.57. The molecule has 2 atom stereocenters. The summed E-state index contributed by atoms with van der Waals surface area (Å²) in [5.41, 5.74) is -0.0338. The first-order chi connectivity index (χ1) is 10.5. The van der Waals surface area contributed by atoms with Gasteiger partial charge >= 0.3 is 0 Å². The van der Waals surface area contributed by atoms with E-state index in [1.54, 1.807) is 0 Å². The minimum absolute atomic E-state index is 0.127. The van der Waals surface area contributed by atoms with Crippen LogP contribution >= 0.6 is 0 Å². The molecular weight excluding hydrogens is 300 g/mol. The van der Waals surface area contributed by atoms with Gasteiger partial charge in [0.2, 0.25) is 0 Å². The molecule has 128 valence electrons. The summed E-state index contributed by atoms with van der Waals surface area (Å²) >= 11 is 0. The van der Waals surface area contributed by atoms with Gasteiger partial charge < -0.3 is 9.53 Å². The fraction of sp³-hybridized carbons (Fsp3) is 0.600. The van der Waals surface area contributed by atoms with Crippen LogP contribution < -0.4 is 0 Å². The summed E-state index contributed by atoms with van der Waals surface area (Å²) in [5, 5.41) is 10.9. The van der Waals surface area contributed by atoms with E-state index in [-0.39, 0.29) is 11.0 Å². The van der Waals surface area contributed by atoms with Crippen LogP contribution in [0.3, 0.4) is 0 Å². The zero-order chi connectivity index (χ0) is 17.7. The van der Waals surface area contributed by atoms with Crippen LogP contribution in [0, 0.1) is 17.8 Å². The number of benzene rings is 1. The first kappa shape index (κ1) is 20.0. The molecule has 0 fully saturated rings. The predicted molar refractivity (Wildman–Crippen MR) is 101 cm³/mol. The van der Waals surface area contributed by atoms with Gasteiger partial charge in [0.15, 0.2) is 8.32 Å². The lowest BCUT2D eigenvalue weighted by Crippen LogP contribution is -2.40. The molecule has 0 unspecified atom stereocenters. The molecule has 1 N–H and O–H groups in total. The Kier molecular flexibility index (Phi) is 6.65. The molecule has 1 rings (SSSR count). The van der Waals surface area contributed by atoms with Crippen LogP contribution in [0.5, 0.6) is 0 Å². The van der Waals surface area contributed by atoms with E-state index in [4.69, 9.17) is 4.43 Å². The zero-order valence-electron chi connectivity index (χ0n) is 15.7. The van der Waals surface area contributed by atoms with E-state index < -0.39 is 13.9 Å². The van der Waals surface area contributed by atoms with Crippen molar-refractivity contribution in [3.8, 4) is 11.8 Å². The van der Waals surface area contributed by atoms with Gasteiger partial charge in [0, 0.05) is 13.0 Å². The molecule has 0 aliphatic heterocycles. The fourth-order valence-corrected chi connectivity index (χ4v) is 3.01. The van der Waals surface area contributed by atoms with Crippen LogP contribution in [0.4, 0.5) is 0 Å². The van der Waals surface area contributed by atoms with Gasteiger partial charge in [-0.25, -0.2) is 0 Å². The van der Waals surface area contributed by atoms with Gasteiger partial charge in [-0.15, -0.1) is 5.92 Å². The van der Waals surface area contributed by atoms with E-state index in [0.717, 1.165) is 5.56 Å². The highest BCUT2D eigenvalue weighted by molar-refractivity contribution is 6.74. The quantitative estimate of drug-likeness (QED) is 0.470. The van der Waals surface area contributed by atoms with Crippen molar-refractivity contribution < 1.29 is 9.53 Å². The molecule has 0 saturated heterocycles. The summed E-state index contributed by atoms with van der Waals surface area (Å²) in [6, 6.07) is 9.72. The molecule has 0 spiro atoms. The first-order valence-electron chi connectivity index (χ1n) is 8.39. The Hall–Kier alpha value is -1.08. The molecule has 0 amide bonds. The Morgan fingerprint density at radius 1 is 1.13 bits per heavy atom.